The molecule has 1 heterocycles. The van der Waals surface area contributed by atoms with Crippen molar-refractivity contribution in [2.45, 2.75) is 25.7 Å². The molecule has 0 saturated carbocycles. The van der Waals surface area contributed by atoms with E-state index in [2.05, 4.69) is 4.74 Å². The Kier molecular flexibility index (Phi) is 3.76. The first-order valence-corrected chi connectivity index (χ1v) is 5.59. The van der Waals surface area contributed by atoms with Crippen molar-refractivity contribution in [1.29, 1.82) is 0 Å². The van der Waals surface area contributed by atoms with Crippen LogP contribution in [-0.2, 0) is 19.0 Å². The SMILES string of the molecule is COC(=O)CC1COC(c2ccc(C)cc2)O1. The second-order valence-corrected chi connectivity index (χ2v) is 4.11. The van der Waals surface area contributed by atoms with E-state index in [4.69, 9.17) is 9.47 Å². The highest BCUT2D eigenvalue weighted by molar-refractivity contribution is 5.69. The number of carbonyl (C=O) groups is 1. The Morgan fingerprint density at radius 1 is 1.41 bits per heavy atom. The predicted octanol–water partition coefficient (Wildman–Crippen LogP) is 1.97. The third-order valence-corrected chi connectivity index (χ3v) is 2.72. The molecular weight excluding hydrogens is 220 g/mol. The molecular formula is C13H16O4. The van der Waals surface area contributed by atoms with Crippen molar-refractivity contribution in [2.24, 2.45) is 0 Å². The lowest BCUT2D eigenvalue weighted by Crippen LogP contribution is -2.16. The van der Waals surface area contributed by atoms with Crippen LogP contribution < -0.4 is 0 Å². The van der Waals surface area contributed by atoms with Crippen LogP contribution in [0, 0.1) is 6.92 Å². The van der Waals surface area contributed by atoms with E-state index in [0.29, 0.717) is 6.61 Å². The van der Waals surface area contributed by atoms with E-state index in [1.807, 2.05) is 31.2 Å². The molecule has 4 nitrogen and oxygen atoms in total. The Balaban J connectivity index is 1.93. The standard InChI is InChI=1S/C13H16O4/c1-9-3-5-10(6-4-9)13-16-8-11(17-13)7-12(14)15-2/h3-6,11,13H,7-8H2,1-2H3. The molecule has 1 aromatic carbocycles. The van der Waals surface area contributed by atoms with Crippen molar-refractivity contribution >= 4 is 5.97 Å². The minimum absolute atomic E-state index is 0.214. The summed E-state index contributed by atoms with van der Waals surface area (Å²) in [5.74, 6) is -0.275. The molecule has 0 radical (unpaired) electrons. The lowest BCUT2D eigenvalue weighted by molar-refractivity contribution is -0.143. The van der Waals surface area contributed by atoms with Gasteiger partial charge in [-0.25, -0.2) is 0 Å². The molecule has 4 heteroatoms. The van der Waals surface area contributed by atoms with Gasteiger partial charge in [0.15, 0.2) is 6.29 Å². The lowest BCUT2D eigenvalue weighted by atomic mass is 10.1. The van der Waals surface area contributed by atoms with Gasteiger partial charge in [0.25, 0.3) is 0 Å². The summed E-state index contributed by atoms with van der Waals surface area (Å²) in [4.78, 5) is 11.1. The van der Waals surface area contributed by atoms with Crippen LogP contribution >= 0.6 is 0 Å². The van der Waals surface area contributed by atoms with Crippen molar-refractivity contribution < 1.29 is 19.0 Å². The minimum atomic E-state index is -0.370. The maximum atomic E-state index is 11.1. The van der Waals surface area contributed by atoms with Crippen LogP contribution in [-0.4, -0.2) is 25.8 Å². The van der Waals surface area contributed by atoms with Crippen molar-refractivity contribution in [3.05, 3.63) is 35.4 Å². The number of methoxy groups -OCH3 is 1. The Bertz CT molecular complexity index is 385. The van der Waals surface area contributed by atoms with Gasteiger partial charge in [-0.1, -0.05) is 29.8 Å². The van der Waals surface area contributed by atoms with Crippen LogP contribution in [0.1, 0.15) is 23.8 Å². The number of aryl methyl sites for hydroxylation is 1. The average Bonchev–Trinajstić information content (AvgIpc) is 2.78. The predicted molar refractivity (Wildman–Crippen MR) is 61.4 cm³/mol. The Hall–Kier alpha value is -1.39. The third-order valence-electron chi connectivity index (χ3n) is 2.72. The number of rotatable bonds is 3. The Morgan fingerprint density at radius 3 is 2.76 bits per heavy atom. The minimum Gasteiger partial charge on any atom is -0.469 e. The summed E-state index contributed by atoms with van der Waals surface area (Å²) in [7, 11) is 1.37. The van der Waals surface area contributed by atoms with Crippen LogP contribution in [0.2, 0.25) is 0 Å². The van der Waals surface area contributed by atoms with E-state index in [1.54, 1.807) is 0 Å². The maximum Gasteiger partial charge on any atom is 0.308 e. The van der Waals surface area contributed by atoms with Gasteiger partial charge in [0.05, 0.1) is 26.2 Å². The fraction of sp³-hybridized carbons (Fsp3) is 0.462. The molecule has 1 saturated heterocycles. The van der Waals surface area contributed by atoms with E-state index < -0.39 is 0 Å². The smallest absolute Gasteiger partial charge is 0.308 e. The molecule has 0 amide bonds. The second kappa shape index (κ2) is 5.29. The zero-order valence-electron chi connectivity index (χ0n) is 10.0. The quantitative estimate of drug-likeness (QED) is 0.753. The van der Waals surface area contributed by atoms with Crippen molar-refractivity contribution in [3.8, 4) is 0 Å². The number of hydrogen-bond donors (Lipinski definition) is 0. The van der Waals surface area contributed by atoms with Crippen LogP contribution in [0.4, 0.5) is 0 Å². The van der Waals surface area contributed by atoms with Crippen LogP contribution in [0.3, 0.4) is 0 Å². The van der Waals surface area contributed by atoms with Gasteiger partial charge >= 0.3 is 5.97 Å². The number of carbonyl (C=O) groups excluding carboxylic acids is 1. The molecule has 0 spiro atoms. The van der Waals surface area contributed by atoms with Gasteiger partial charge in [0.2, 0.25) is 0 Å². The largest absolute Gasteiger partial charge is 0.469 e. The van der Waals surface area contributed by atoms with Crippen LogP contribution in [0.15, 0.2) is 24.3 Å². The van der Waals surface area contributed by atoms with Crippen LogP contribution in [0.25, 0.3) is 0 Å². The monoisotopic (exact) mass is 236 g/mol. The number of esters is 1. The molecule has 17 heavy (non-hydrogen) atoms. The fourth-order valence-electron chi connectivity index (χ4n) is 1.72. The van der Waals surface area contributed by atoms with E-state index in [9.17, 15) is 4.79 Å². The first-order valence-electron chi connectivity index (χ1n) is 5.59. The first-order chi connectivity index (χ1) is 8.19. The molecule has 0 N–H and O–H groups in total. The van der Waals surface area contributed by atoms with E-state index in [1.165, 1.54) is 12.7 Å². The topological polar surface area (TPSA) is 44.8 Å². The maximum absolute atomic E-state index is 11.1. The molecule has 1 aliphatic heterocycles. The highest BCUT2D eigenvalue weighted by atomic mass is 16.7. The summed E-state index contributed by atoms with van der Waals surface area (Å²) in [6.45, 7) is 2.45. The molecule has 2 unspecified atom stereocenters. The van der Waals surface area contributed by atoms with Gasteiger partial charge in [-0.05, 0) is 6.92 Å². The van der Waals surface area contributed by atoms with Gasteiger partial charge in [-0.3, -0.25) is 4.79 Å². The van der Waals surface area contributed by atoms with Crippen molar-refractivity contribution in [2.75, 3.05) is 13.7 Å². The van der Waals surface area contributed by atoms with Crippen LogP contribution in [0.5, 0.6) is 0 Å². The number of ether oxygens (including phenoxy) is 3. The second-order valence-electron chi connectivity index (χ2n) is 4.11. The van der Waals surface area contributed by atoms with Gasteiger partial charge in [-0.2, -0.15) is 0 Å². The van der Waals surface area contributed by atoms with Gasteiger partial charge < -0.3 is 14.2 Å². The highest BCUT2D eigenvalue weighted by Crippen LogP contribution is 2.28. The first kappa shape index (κ1) is 12.1. The van der Waals surface area contributed by atoms with Gasteiger partial charge in [0, 0.05) is 5.56 Å². The number of hydrogen-bond acceptors (Lipinski definition) is 4. The Morgan fingerprint density at radius 2 is 2.12 bits per heavy atom. The van der Waals surface area contributed by atoms with E-state index in [0.717, 1.165) is 5.56 Å². The zero-order valence-corrected chi connectivity index (χ0v) is 10.0. The zero-order chi connectivity index (χ0) is 12.3. The summed E-state index contributed by atoms with van der Waals surface area (Å²) < 4.78 is 15.7. The molecule has 0 bridgehead atoms. The molecule has 1 fully saturated rings. The molecule has 1 aliphatic rings. The normalized spacial score (nSPS) is 23.6. The summed E-state index contributed by atoms with van der Waals surface area (Å²) in [6, 6.07) is 7.96. The summed E-state index contributed by atoms with van der Waals surface area (Å²) in [6.07, 6.45) is -0.349. The third kappa shape index (κ3) is 3.05. The van der Waals surface area contributed by atoms with E-state index in [-0.39, 0.29) is 24.8 Å². The molecule has 2 atom stereocenters. The molecule has 1 aromatic rings. The molecule has 2 rings (SSSR count). The lowest BCUT2D eigenvalue weighted by Gasteiger charge is -2.11. The highest BCUT2D eigenvalue weighted by Gasteiger charge is 2.29. The van der Waals surface area contributed by atoms with Crippen molar-refractivity contribution in [1.82, 2.24) is 0 Å². The summed E-state index contributed by atoms with van der Waals surface area (Å²) in [5, 5.41) is 0. The Labute approximate surface area is 100 Å². The molecule has 0 aromatic heterocycles. The molecule has 92 valence electrons. The van der Waals surface area contributed by atoms with E-state index >= 15 is 0 Å². The number of benzene rings is 1. The van der Waals surface area contributed by atoms with Gasteiger partial charge in [-0.15, -0.1) is 0 Å². The van der Waals surface area contributed by atoms with Crippen molar-refractivity contribution in [3.63, 3.8) is 0 Å². The molecule has 0 aliphatic carbocycles. The van der Waals surface area contributed by atoms with Gasteiger partial charge in [0.1, 0.15) is 0 Å². The average molecular weight is 236 g/mol. The fourth-order valence-corrected chi connectivity index (χ4v) is 1.72. The summed E-state index contributed by atoms with van der Waals surface area (Å²) in [5.41, 5.74) is 2.17. The summed E-state index contributed by atoms with van der Waals surface area (Å²) >= 11 is 0.